The molecule has 0 saturated carbocycles. The van der Waals surface area contributed by atoms with Crippen molar-refractivity contribution in [2.24, 2.45) is 0 Å². The van der Waals surface area contributed by atoms with Crippen molar-refractivity contribution in [3.8, 4) is 0 Å². The number of amides is 2. The molecule has 0 aliphatic carbocycles. The molecule has 9 heteroatoms. The Morgan fingerprint density at radius 2 is 1.55 bits per heavy atom. The number of fused-ring (bicyclic) bond motifs is 1. The molecule has 4 rings (SSSR count). The molecule has 0 bridgehead atoms. The number of carbonyl (C=O) groups is 3. The fraction of sp³-hybridized carbons (Fsp3) is 0. The molecule has 0 saturated heterocycles. The van der Waals surface area contributed by atoms with Crippen LogP contribution in [0.5, 0.6) is 0 Å². The van der Waals surface area contributed by atoms with Crippen LogP contribution in [0, 0.1) is 0 Å². The van der Waals surface area contributed by atoms with Crippen LogP contribution in [0.25, 0.3) is 0 Å². The highest BCUT2D eigenvalue weighted by Gasteiger charge is 2.37. The lowest BCUT2D eigenvalue weighted by Gasteiger charge is -2.12. The molecule has 8 nitrogen and oxygen atoms in total. The third kappa shape index (κ3) is 2.97. The van der Waals surface area contributed by atoms with Gasteiger partial charge in [-0.25, -0.2) is 18.1 Å². The summed E-state index contributed by atoms with van der Waals surface area (Å²) in [5.41, 5.74) is 0.305. The van der Waals surface area contributed by atoms with Crippen molar-refractivity contribution < 1.29 is 27.9 Å². The lowest BCUT2D eigenvalue weighted by atomic mass is 10.1. The fourth-order valence-corrected chi connectivity index (χ4v) is 4.31. The molecule has 144 valence electrons. The number of carbonyl (C=O) groups excluding carboxylic acids is 2. The lowest BCUT2D eigenvalue weighted by molar-refractivity contribution is 0.0696. The molecular formula is C20H12N2O6S. The van der Waals surface area contributed by atoms with Crippen LogP contribution in [0.2, 0.25) is 0 Å². The third-order valence-electron chi connectivity index (χ3n) is 4.48. The first kappa shape index (κ1) is 18.5. The molecule has 0 fully saturated rings. The molecule has 1 aliphatic heterocycles. The Labute approximate surface area is 165 Å². The molecule has 29 heavy (non-hydrogen) atoms. The Bertz CT molecular complexity index is 1270. The van der Waals surface area contributed by atoms with E-state index in [1.165, 1.54) is 48.8 Å². The Hall–Kier alpha value is -3.85. The van der Waals surface area contributed by atoms with Crippen molar-refractivity contribution in [2.45, 2.75) is 9.79 Å². The first-order valence-corrected chi connectivity index (χ1v) is 9.80. The number of hydrogen-bond acceptors (Lipinski definition) is 6. The van der Waals surface area contributed by atoms with Crippen molar-refractivity contribution in [1.29, 1.82) is 0 Å². The number of carboxylic acid groups (broad SMARTS) is 1. The maximum atomic E-state index is 12.9. The number of benzene rings is 2. The highest BCUT2D eigenvalue weighted by Crippen LogP contribution is 2.31. The highest BCUT2D eigenvalue weighted by molar-refractivity contribution is 7.91. The summed E-state index contributed by atoms with van der Waals surface area (Å²) >= 11 is 0. The van der Waals surface area contributed by atoms with Crippen molar-refractivity contribution in [3.05, 3.63) is 83.7 Å². The smallest absolute Gasteiger partial charge is 0.335 e. The van der Waals surface area contributed by atoms with Gasteiger partial charge < -0.3 is 5.11 Å². The number of rotatable bonds is 4. The number of carboxylic acids is 1. The summed E-state index contributed by atoms with van der Waals surface area (Å²) < 4.78 is 25.8. The van der Waals surface area contributed by atoms with Gasteiger partial charge in [0, 0.05) is 6.20 Å². The molecule has 1 aliphatic rings. The van der Waals surface area contributed by atoms with Crippen molar-refractivity contribution >= 4 is 33.3 Å². The number of imide groups is 1. The number of aromatic carboxylic acids is 1. The molecule has 2 heterocycles. The van der Waals surface area contributed by atoms with E-state index >= 15 is 0 Å². The minimum Gasteiger partial charge on any atom is -0.478 e. The number of anilines is 1. The minimum absolute atomic E-state index is 0.0258. The van der Waals surface area contributed by atoms with E-state index in [-0.39, 0.29) is 32.2 Å². The summed E-state index contributed by atoms with van der Waals surface area (Å²) in [5.74, 6) is -2.38. The first-order valence-electron chi connectivity index (χ1n) is 8.32. The predicted octanol–water partition coefficient (Wildman–Crippen LogP) is 2.41. The van der Waals surface area contributed by atoms with Gasteiger partial charge in [0.25, 0.3) is 11.8 Å². The predicted molar refractivity (Wildman–Crippen MR) is 101 cm³/mol. The summed E-state index contributed by atoms with van der Waals surface area (Å²) in [7, 11) is -4.01. The molecular weight excluding hydrogens is 396 g/mol. The van der Waals surface area contributed by atoms with Gasteiger partial charge in [-0.3, -0.25) is 14.6 Å². The molecule has 1 N–H and O–H groups in total. The zero-order valence-corrected chi connectivity index (χ0v) is 15.5. The number of aromatic nitrogens is 1. The van der Waals surface area contributed by atoms with Gasteiger partial charge in [0.05, 0.1) is 38.4 Å². The number of nitrogens with zero attached hydrogens (tertiary/aromatic N) is 2. The van der Waals surface area contributed by atoms with Gasteiger partial charge in [0.1, 0.15) is 0 Å². The normalized spacial score (nSPS) is 13.4. The van der Waals surface area contributed by atoms with E-state index in [9.17, 15) is 22.8 Å². The average molecular weight is 408 g/mol. The van der Waals surface area contributed by atoms with Crippen LogP contribution in [0.4, 0.5) is 5.69 Å². The molecule has 2 amide bonds. The SMILES string of the molecule is O=C(O)c1ccc(S(=O)(=O)c2ccc3c(c2)C(=O)N(c2cccnc2)C3=O)cc1. The van der Waals surface area contributed by atoms with E-state index < -0.39 is 27.6 Å². The summed E-state index contributed by atoms with van der Waals surface area (Å²) in [6.45, 7) is 0. The number of hydrogen-bond donors (Lipinski definition) is 1. The van der Waals surface area contributed by atoms with Gasteiger partial charge in [-0.2, -0.15) is 0 Å². The van der Waals surface area contributed by atoms with E-state index in [0.717, 1.165) is 11.0 Å². The van der Waals surface area contributed by atoms with Crippen LogP contribution >= 0.6 is 0 Å². The van der Waals surface area contributed by atoms with Crippen molar-refractivity contribution in [1.82, 2.24) is 4.98 Å². The topological polar surface area (TPSA) is 122 Å². The molecule has 2 aromatic carbocycles. The van der Waals surface area contributed by atoms with Gasteiger partial charge >= 0.3 is 5.97 Å². The number of pyridine rings is 1. The first-order chi connectivity index (χ1) is 13.8. The van der Waals surface area contributed by atoms with Gasteiger partial charge in [0.15, 0.2) is 0 Å². The summed E-state index contributed by atoms with van der Waals surface area (Å²) in [6.07, 6.45) is 2.87. The Kier molecular flexibility index (Phi) is 4.24. The van der Waals surface area contributed by atoms with Crippen LogP contribution in [-0.2, 0) is 9.84 Å². The van der Waals surface area contributed by atoms with Gasteiger partial charge in [0.2, 0.25) is 9.84 Å². The molecule has 0 atom stereocenters. The Morgan fingerprint density at radius 1 is 0.897 bits per heavy atom. The zero-order valence-electron chi connectivity index (χ0n) is 14.6. The van der Waals surface area contributed by atoms with E-state index in [1.54, 1.807) is 12.1 Å². The second-order valence-corrected chi connectivity index (χ2v) is 8.15. The monoisotopic (exact) mass is 408 g/mol. The number of sulfone groups is 1. The lowest BCUT2D eigenvalue weighted by Crippen LogP contribution is -2.29. The van der Waals surface area contributed by atoms with Gasteiger partial charge in [-0.15, -0.1) is 0 Å². The van der Waals surface area contributed by atoms with E-state index in [1.807, 2.05) is 0 Å². The van der Waals surface area contributed by atoms with Crippen LogP contribution in [0.15, 0.2) is 76.8 Å². The molecule has 0 spiro atoms. The molecule has 1 aromatic heterocycles. The standard InChI is InChI=1S/C20H12N2O6S/c23-18-16-8-7-15(29(27,28)14-5-3-12(4-6-14)20(25)26)10-17(16)19(24)22(18)13-2-1-9-21-11-13/h1-11H,(H,25,26). The quantitative estimate of drug-likeness (QED) is 0.658. The largest absolute Gasteiger partial charge is 0.478 e. The van der Waals surface area contributed by atoms with Crippen LogP contribution in [0.1, 0.15) is 31.1 Å². The van der Waals surface area contributed by atoms with Crippen LogP contribution in [0.3, 0.4) is 0 Å². The summed E-state index contributed by atoms with van der Waals surface area (Å²) in [6, 6.07) is 11.6. The van der Waals surface area contributed by atoms with Crippen molar-refractivity contribution in [2.75, 3.05) is 4.90 Å². The van der Waals surface area contributed by atoms with Gasteiger partial charge in [-0.1, -0.05) is 0 Å². The van der Waals surface area contributed by atoms with Crippen molar-refractivity contribution in [3.63, 3.8) is 0 Å². The van der Waals surface area contributed by atoms with E-state index in [2.05, 4.69) is 4.98 Å². The van der Waals surface area contributed by atoms with Crippen LogP contribution in [-0.4, -0.2) is 36.3 Å². The molecule has 0 unspecified atom stereocenters. The summed E-state index contributed by atoms with van der Waals surface area (Å²) in [5, 5.41) is 8.95. The zero-order chi connectivity index (χ0) is 20.8. The van der Waals surface area contributed by atoms with Gasteiger partial charge in [-0.05, 0) is 54.6 Å². The average Bonchev–Trinajstić information content (AvgIpc) is 2.98. The fourth-order valence-electron chi connectivity index (χ4n) is 3.02. The maximum absolute atomic E-state index is 12.9. The van der Waals surface area contributed by atoms with E-state index in [4.69, 9.17) is 5.11 Å². The highest BCUT2D eigenvalue weighted by atomic mass is 32.2. The van der Waals surface area contributed by atoms with Crippen LogP contribution < -0.4 is 4.90 Å². The minimum atomic E-state index is -4.01. The molecule has 3 aromatic rings. The summed E-state index contributed by atoms with van der Waals surface area (Å²) in [4.78, 5) is 40.9. The maximum Gasteiger partial charge on any atom is 0.335 e. The second-order valence-electron chi connectivity index (χ2n) is 6.20. The third-order valence-corrected chi connectivity index (χ3v) is 6.25. The second kappa shape index (κ2) is 6.64. The molecule has 0 radical (unpaired) electrons. The van der Waals surface area contributed by atoms with E-state index in [0.29, 0.717) is 0 Å². The Morgan fingerprint density at radius 3 is 2.17 bits per heavy atom. The Balaban J connectivity index is 1.75.